The Morgan fingerprint density at radius 2 is 2.12 bits per heavy atom. The predicted molar refractivity (Wildman–Crippen MR) is 88.0 cm³/mol. The molecule has 0 heterocycles. The normalized spacial score (nSPS) is 15.5. The molecule has 0 saturated heterocycles. The lowest BCUT2D eigenvalue weighted by molar-refractivity contribution is -0.384. The Bertz CT molecular complexity index is 745. The fourth-order valence-electron chi connectivity index (χ4n) is 2.64. The molecule has 0 spiro atoms. The molecule has 1 N–H and O–H groups in total. The molecule has 130 valence electrons. The van der Waals surface area contributed by atoms with Gasteiger partial charge < -0.3 is 10.1 Å². The molecule has 0 bridgehead atoms. The number of nitrogens with one attached hydrogen (secondary N) is 1. The van der Waals surface area contributed by atoms with Gasteiger partial charge in [0.2, 0.25) is 0 Å². The van der Waals surface area contributed by atoms with Crippen molar-refractivity contribution in [2.24, 2.45) is 0 Å². The van der Waals surface area contributed by atoms with E-state index in [4.69, 9.17) is 4.74 Å². The summed E-state index contributed by atoms with van der Waals surface area (Å²) in [6, 6.07) is 7.87. The van der Waals surface area contributed by atoms with Gasteiger partial charge in [0.15, 0.2) is 6.61 Å². The number of nitro benzene ring substituents is 1. The molecule has 8 nitrogen and oxygen atoms in total. The molecular formula is C17H17N3O5. The second-order valence-electron chi connectivity index (χ2n) is 5.74. The SMILES string of the molecule is N#CC1(NC(=O)COC(=O)/C=C/c2cccc([N+](=O)[O-])c2)CCCC1. The molecule has 1 aliphatic rings. The Morgan fingerprint density at radius 1 is 1.40 bits per heavy atom. The standard InChI is InChI=1S/C17H17N3O5/c18-12-17(8-1-2-9-17)19-15(21)11-25-16(22)7-6-13-4-3-5-14(10-13)20(23)24/h3-7,10H,1-2,8-9,11H2,(H,19,21)/b7-6+. The van der Waals surface area contributed by atoms with Crippen LogP contribution in [0.2, 0.25) is 0 Å². The van der Waals surface area contributed by atoms with Crippen LogP contribution >= 0.6 is 0 Å². The number of rotatable bonds is 6. The molecule has 0 aliphatic heterocycles. The molecule has 0 radical (unpaired) electrons. The van der Waals surface area contributed by atoms with Gasteiger partial charge in [0, 0.05) is 18.2 Å². The summed E-state index contributed by atoms with van der Waals surface area (Å²) in [4.78, 5) is 33.6. The van der Waals surface area contributed by atoms with Crippen LogP contribution in [0.25, 0.3) is 6.08 Å². The first-order chi connectivity index (χ1) is 11.9. The van der Waals surface area contributed by atoms with Crippen LogP contribution in [0.4, 0.5) is 5.69 Å². The summed E-state index contributed by atoms with van der Waals surface area (Å²) in [7, 11) is 0. The zero-order valence-corrected chi connectivity index (χ0v) is 13.4. The van der Waals surface area contributed by atoms with Gasteiger partial charge in [-0.05, 0) is 37.3 Å². The molecule has 1 aromatic rings. The summed E-state index contributed by atoms with van der Waals surface area (Å²) >= 11 is 0. The van der Waals surface area contributed by atoms with Crippen LogP contribution in [-0.4, -0.2) is 28.9 Å². The van der Waals surface area contributed by atoms with Crippen LogP contribution in [0.15, 0.2) is 30.3 Å². The van der Waals surface area contributed by atoms with Gasteiger partial charge in [-0.2, -0.15) is 5.26 Å². The molecule has 0 aromatic heterocycles. The number of carbonyl (C=O) groups is 2. The molecule has 25 heavy (non-hydrogen) atoms. The third kappa shape index (κ3) is 5.14. The van der Waals surface area contributed by atoms with Crippen LogP contribution in [-0.2, 0) is 14.3 Å². The lowest BCUT2D eigenvalue weighted by atomic mass is 10.00. The number of hydrogen-bond acceptors (Lipinski definition) is 6. The smallest absolute Gasteiger partial charge is 0.331 e. The minimum Gasteiger partial charge on any atom is -0.452 e. The number of hydrogen-bond donors (Lipinski definition) is 1. The average Bonchev–Trinajstić information content (AvgIpc) is 3.07. The number of amides is 1. The van der Waals surface area contributed by atoms with E-state index in [0.717, 1.165) is 18.9 Å². The Kier molecular flexibility index (Phi) is 5.84. The van der Waals surface area contributed by atoms with E-state index in [1.54, 1.807) is 6.07 Å². The molecule has 1 amide bonds. The number of non-ortho nitro benzene ring substituents is 1. The van der Waals surface area contributed by atoms with Crippen LogP contribution in [0.1, 0.15) is 31.2 Å². The second-order valence-corrected chi connectivity index (χ2v) is 5.74. The number of esters is 1. The number of nitriles is 1. The van der Waals surface area contributed by atoms with Crippen molar-refractivity contribution in [2.75, 3.05) is 6.61 Å². The van der Waals surface area contributed by atoms with Crippen LogP contribution in [0.5, 0.6) is 0 Å². The van der Waals surface area contributed by atoms with E-state index in [2.05, 4.69) is 11.4 Å². The van der Waals surface area contributed by atoms with Gasteiger partial charge in [-0.3, -0.25) is 14.9 Å². The highest BCUT2D eigenvalue weighted by atomic mass is 16.6. The highest BCUT2D eigenvalue weighted by Gasteiger charge is 2.35. The van der Waals surface area contributed by atoms with Gasteiger partial charge in [0.25, 0.3) is 11.6 Å². The number of nitrogens with zero attached hydrogens (tertiary/aromatic N) is 2. The summed E-state index contributed by atoms with van der Waals surface area (Å²) < 4.78 is 4.82. The quantitative estimate of drug-likeness (QED) is 0.365. The van der Waals surface area contributed by atoms with Crippen molar-refractivity contribution in [1.29, 1.82) is 5.26 Å². The summed E-state index contributed by atoms with van der Waals surface area (Å²) in [5.74, 6) is -1.28. The van der Waals surface area contributed by atoms with Crippen molar-refractivity contribution in [3.63, 3.8) is 0 Å². The van der Waals surface area contributed by atoms with Crippen molar-refractivity contribution in [2.45, 2.75) is 31.2 Å². The van der Waals surface area contributed by atoms with Crippen molar-refractivity contribution in [3.8, 4) is 6.07 Å². The van der Waals surface area contributed by atoms with E-state index in [1.165, 1.54) is 24.3 Å². The van der Waals surface area contributed by atoms with Crippen molar-refractivity contribution < 1.29 is 19.2 Å². The van der Waals surface area contributed by atoms with Crippen molar-refractivity contribution in [3.05, 3.63) is 46.0 Å². The molecule has 1 fully saturated rings. The summed E-state index contributed by atoms with van der Waals surface area (Å²) in [6.07, 6.45) is 5.38. The number of ether oxygens (including phenoxy) is 1. The molecule has 1 aliphatic carbocycles. The van der Waals surface area contributed by atoms with Gasteiger partial charge in [0.05, 0.1) is 11.0 Å². The number of nitro groups is 1. The highest BCUT2D eigenvalue weighted by Crippen LogP contribution is 2.28. The van der Waals surface area contributed by atoms with Gasteiger partial charge in [-0.1, -0.05) is 12.1 Å². The number of benzene rings is 1. The first kappa shape index (κ1) is 18.1. The zero-order valence-electron chi connectivity index (χ0n) is 13.4. The topological polar surface area (TPSA) is 122 Å². The van der Waals surface area contributed by atoms with Gasteiger partial charge in [-0.15, -0.1) is 0 Å². The van der Waals surface area contributed by atoms with Crippen LogP contribution in [0, 0.1) is 21.4 Å². The highest BCUT2D eigenvalue weighted by molar-refractivity contribution is 5.89. The first-order valence-corrected chi connectivity index (χ1v) is 7.76. The lowest BCUT2D eigenvalue weighted by Gasteiger charge is -2.21. The van der Waals surface area contributed by atoms with E-state index in [-0.39, 0.29) is 5.69 Å². The minimum atomic E-state index is -0.859. The zero-order chi connectivity index (χ0) is 18.3. The third-order valence-corrected chi connectivity index (χ3v) is 3.89. The van der Waals surface area contributed by atoms with Crippen molar-refractivity contribution in [1.82, 2.24) is 5.32 Å². The second kappa shape index (κ2) is 8.06. The van der Waals surface area contributed by atoms with Gasteiger partial charge in [0.1, 0.15) is 5.54 Å². The third-order valence-electron chi connectivity index (χ3n) is 3.89. The monoisotopic (exact) mass is 343 g/mol. The predicted octanol–water partition coefficient (Wildman–Crippen LogP) is 2.10. The van der Waals surface area contributed by atoms with E-state index < -0.39 is 28.9 Å². The van der Waals surface area contributed by atoms with Crippen LogP contribution < -0.4 is 5.32 Å². The molecule has 1 aromatic carbocycles. The molecule has 2 rings (SSSR count). The molecular weight excluding hydrogens is 326 g/mol. The maximum absolute atomic E-state index is 11.8. The fourth-order valence-corrected chi connectivity index (χ4v) is 2.64. The largest absolute Gasteiger partial charge is 0.452 e. The van der Waals surface area contributed by atoms with E-state index >= 15 is 0 Å². The molecule has 0 atom stereocenters. The van der Waals surface area contributed by atoms with Gasteiger partial charge in [-0.25, -0.2) is 4.79 Å². The average molecular weight is 343 g/mol. The van der Waals surface area contributed by atoms with E-state index in [9.17, 15) is 25.0 Å². The fraction of sp³-hybridized carbons (Fsp3) is 0.353. The van der Waals surface area contributed by atoms with E-state index in [0.29, 0.717) is 18.4 Å². The first-order valence-electron chi connectivity index (χ1n) is 7.76. The van der Waals surface area contributed by atoms with Crippen LogP contribution in [0.3, 0.4) is 0 Å². The Morgan fingerprint density at radius 3 is 2.76 bits per heavy atom. The molecule has 1 saturated carbocycles. The maximum atomic E-state index is 11.8. The van der Waals surface area contributed by atoms with Crippen molar-refractivity contribution >= 4 is 23.6 Å². The molecule has 8 heteroatoms. The summed E-state index contributed by atoms with van der Waals surface area (Å²) in [5.41, 5.74) is -0.485. The lowest BCUT2D eigenvalue weighted by Crippen LogP contribution is -2.46. The minimum absolute atomic E-state index is 0.0896. The van der Waals surface area contributed by atoms with E-state index in [1.807, 2.05) is 0 Å². The molecule has 0 unspecified atom stereocenters. The summed E-state index contributed by atoms with van der Waals surface area (Å²) in [5, 5.41) is 22.5. The summed E-state index contributed by atoms with van der Waals surface area (Å²) in [6.45, 7) is -0.485. The number of carbonyl (C=O) groups excluding carboxylic acids is 2. The Labute approximate surface area is 144 Å². The maximum Gasteiger partial charge on any atom is 0.331 e. The Hall–Kier alpha value is -3.21. The Balaban J connectivity index is 1.84. The van der Waals surface area contributed by atoms with Gasteiger partial charge >= 0.3 is 5.97 Å².